The highest BCUT2D eigenvalue weighted by atomic mass is 32.1. The van der Waals surface area contributed by atoms with Crippen molar-refractivity contribution in [1.82, 2.24) is 5.32 Å². The Morgan fingerprint density at radius 1 is 0.833 bits per heavy atom. The molecule has 3 aromatic rings. The van der Waals surface area contributed by atoms with Crippen molar-refractivity contribution in [3.05, 3.63) is 95.6 Å². The number of nitrogens with one attached hydrogen (secondary N) is 3. The molecule has 0 saturated heterocycles. The third kappa shape index (κ3) is 6.53. The van der Waals surface area contributed by atoms with Crippen LogP contribution in [0.3, 0.4) is 0 Å². The summed E-state index contributed by atoms with van der Waals surface area (Å²) in [6, 6.07) is 24.4. The molecular formula is C24H23N3O2S. The minimum absolute atomic E-state index is 0.0636. The molecule has 3 rings (SSSR count). The van der Waals surface area contributed by atoms with Gasteiger partial charge in [0.1, 0.15) is 0 Å². The summed E-state index contributed by atoms with van der Waals surface area (Å²) in [4.78, 5) is 24.5. The van der Waals surface area contributed by atoms with Crippen LogP contribution in [0.25, 0.3) is 0 Å². The topological polar surface area (TPSA) is 70.2 Å². The van der Waals surface area contributed by atoms with E-state index >= 15 is 0 Å². The smallest absolute Gasteiger partial charge is 0.257 e. The second-order valence-electron chi connectivity index (χ2n) is 6.89. The zero-order chi connectivity index (χ0) is 21.3. The lowest BCUT2D eigenvalue weighted by molar-refractivity contribution is -0.116. The third-order valence-electron chi connectivity index (χ3n) is 4.40. The standard InChI is InChI=1S/C24H23N3O2S/c1-17-7-5-10-19(15-17)23(29)27-24(30)26-21-12-6-11-20(16-21)25-22(28)14-13-18-8-3-2-4-9-18/h2-12,15-16H,13-14H2,1H3,(H,25,28)(H2,26,27,29,30). The lowest BCUT2D eigenvalue weighted by Gasteiger charge is -2.12. The van der Waals surface area contributed by atoms with E-state index in [0.717, 1.165) is 11.1 Å². The number of carbonyl (C=O) groups excluding carboxylic acids is 2. The molecule has 0 spiro atoms. The molecule has 0 unspecified atom stereocenters. The molecule has 0 bridgehead atoms. The van der Waals surface area contributed by atoms with Crippen LogP contribution < -0.4 is 16.0 Å². The second kappa shape index (κ2) is 10.3. The fraction of sp³-hybridized carbons (Fsp3) is 0.125. The molecule has 30 heavy (non-hydrogen) atoms. The number of thiocarbonyl (C=S) groups is 1. The molecule has 152 valence electrons. The van der Waals surface area contributed by atoms with Crippen LogP contribution in [-0.4, -0.2) is 16.9 Å². The predicted molar refractivity (Wildman–Crippen MR) is 125 cm³/mol. The first-order chi connectivity index (χ1) is 14.5. The maximum Gasteiger partial charge on any atom is 0.257 e. The summed E-state index contributed by atoms with van der Waals surface area (Å²) >= 11 is 5.24. The van der Waals surface area contributed by atoms with Crippen molar-refractivity contribution in [3.8, 4) is 0 Å². The van der Waals surface area contributed by atoms with Crippen molar-refractivity contribution in [2.75, 3.05) is 10.6 Å². The predicted octanol–water partition coefficient (Wildman–Crippen LogP) is 4.69. The highest BCUT2D eigenvalue weighted by Gasteiger charge is 2.09. The van der Waals surface area contributed by atoms with E-state index in [0.29, 0.717) is 29.8 Å². The van der Waals surface area contributed by atoms with Gasteiger partial charge in [-0.1, -0.05) is 54.1 Å². The Hall–Kier alpha value is -3.51. The second-order valence-corrected chi connectivity index (χ2v) is 7.30. The first-order valence-corrected chi connectivity index (χ1v) is 10.0. The Bertz CT molecular complexity index is 1050. The van der Waals surface area contributed by atoms with Gasteiger partial charge in [-0.25, -0.2) is 0 Å². The number of anilines is 2. The summed E-state index contributed by atoms with van der Waals surface area (Å²) in [6.07, 6.45) is 1.08. The Morgan fingerprint density at radius 3 is 2.27 bits per heavy atom. The Morgan fingerprint density at radius 2 is 1.53 bits per heavy atom. The molecule has 0 fully saturated rings. The van der Waals surface area contributed by atoms with Gasteiger partial charge in [-0.05, 0) is 61.5 Å². The number of benzene rings is 3. The molecule has 0 heterocycles. The van der Waals surface area contributed by atoms with Crippen LogP contribution in [-0.2, 0) is 11.2 Å². The van der Waals surface area contributed by atoms with Crippen LogP contribution in [0.2, 0.25) is 0 Å². The Kier molecular flexibility index (Phi) is 7.29. The number of hydrogen-bond donors (Lipinski definition) is 3. The van der Waals surface area contributed by atoms with Gasteiger partial charge in [0.2, 0.25) is 5.91 Å². The van der Waals surface area contributed by atoms with Gasteiger partial charge in [0.25, 0.3) is 5.91 Å². The highest BCUT2D eigenvalue weighted by Crippen LogP contribution is 2.16. The number of amides is 2. The van der Waals surface area contributed by atoms with E-state index in [4.69, 9.17) is 12.2 Å². The zero-order valence-corrected chi connectivity index (χ0v) is 17.5. The van der Waals surface area contributed by atoms with Gasteiger partial charge in [0.15, 0.2) is 5.11 Å². The molecule has 0 aromatic heterocycles. The lowest BCUT2D eigenvalue weighted by atomic mass is 10.1. The van der Waals surface area contributed by atoms with Crippen LogP contribution in [0.1, 0.15) is 27.9 Å². The number of rotatable bonds is 6. The zero-order valence-electron chi connectivity index (χ0n) is 16.6. The number of aryl methyl sites for hydroxylation is 2. The van der Waals surface area contributed by atoms with Crippen molar-refractivity contribution >= 4 is 40.5 Å². The molecule has 0 aliphatic rings. The maximum absolute atomic E-state index is 12.3. The Labute approximate surface area is 181 Å². The average Bonchev–Trinajstić information content (AvgIpc) is 2.73. The molecule has 0 atom stereocenters. The van der Waals surface area contributed by atoms with Crippen molar-refractivity contribution in [3.63, 3.8) is 0 Å². The van der Waals surface area contributed by atoms with Crippen LogP contribution in [0.15, 0.2) is 78.9 Å². The molecule has 0 radical (unpaired) electrons. The SMILES string of the molecule is Cc1cccc(C(=O)NC(=S)Nc2cccc(NC(=O)CCc3ccccc3)c2)c1. The summed E-state index contributed by atoms with van der Waals surface area (Å²) in [6.45, 7) is 1.92. The van der Waals surface area contributed by atoms with E-state index in [1.54, 1.807) is 30.3 Å². The molecule has 2 amide bonds. The van der Waals surface area contributed by atoms with Gasteiger partial charge >= 0.3 is 0 Å². The molecule has 3 aromatic carbocycles. The monoisotopic (exact) mass is 417 g/mol. The van der Waals surface area contributed by atoms with E-state index in [1.807, 2.05) is 55.5 Å². The van der Waals surface area contributed by atoms with E-state index < -0.39 is 0 Å². The fourth-order valence-electron chi connectivity index (χ4n) is 2.92. The van der Waals surface area contributed by atoms with Crippen molar-refractivity contribution in [2.45, 2.75) is 19.8 Å². The largest absolute Gasteiger partial charge is 0.332 e. The van der Waals surface area contributed by atoms with E-state index in [-0.39, 0.29) is 16.9 Å². The lowest BCUT2D eigenvalue weighted by Crippen LogP contribution is -2.34. The van der Waals surface area contributed by atoms with Gasteiger partial charge < -0.3 is 10.6 Å². The third-order valence-corrected chi connectivity index (χ3v) is 4.60. The molecule has 5 nitrogen and oxygen atoms in total. The molecule has 0 aliphatic carbocycles. The summed E-state index contributed by atoms with van der Waals surface area (Å²) in [5, 5.41) is 8.72. The Balaban J connectivity index is 1.52. The van der Waals surface area contributed by atoms with Crippen molar-refractivity contribution < 1.29 is 9.59 Å². The van der Waals surface area contributed by atoms with E-state index in [9.17, 15) is 9.59 Å². The van der Waals surface area contributed by atoms with Gasteiger partial charge in [0.05, 0.1) is 0 Å². The average molecular weight is 418 g/mol. The maximum atomic E-state index is 12.3. The van der Waals surface area contributed by atoms with E-state index in [1.165, 1.54) is 0 Å². The first-order valence-electron chi connectivity index (χ1n) is 9.62. The van der Waals surface area contributed by atoms with Crippen LogP contribution in [0.4, 0.5) is 11.4 Å². The number of carbonyl (C=O) groups is 2. The summed E-state index contributed by atoms with van der Waals surface area (Å²) in [5.41, 5.74) is 3.99. The van der Waals surface area contributed by atoms with Gasteiger partial charge in [-0.3, -0.25) is 14.9 Å². The summed E-state index contributed by atoms with van der Waals surface area (Å²) < 4.78 is 0. The van der Waals surface area contributed by atoms with Crippen molar-refractivity contribution in [2.24, 2.45) is 0 Å². The summed E-state index contributed by atoms with van der Waals surface area (Å²) in [5.74, 6) is -0.340. The highest BCUT2D eigenvalue weighted by molar-refractivity contribution is 7.80. The molecule has 0 aliphatic heterocycles. The van der Waals surface area contributed by atoms with Crippen molar-refractivity contribution in [1.29, 1.82) is 0 Å². The molecule has 0 saturated carbocycles. The first kappa shape index (κ1) is 21.2. The summed E-state index contributed by atoms with van der Waals surface area (Å²) in [7, 11) is 0. The van der Waals surface area contributed by atoms with E-state index in [2.05, 4.69) is 16.0 Å². The van der Waals surface area contributed by atoms with Crippen LogP contribution >= 0.6 is 12.2 Å². The van der Waals surface area contributed by atoms with Gasteiger partial charge in [-0.2, -0.15) is 0 Å². The van der Waals surface area contributed by atoms with Gasteiger partial charge in [-0.15, -0.1) is 0 Å². The molecule has 6 heteroatoms. The minimum atomic E-state index is -0.276. The fourth-order valence-corrected chi connectivity index (χ4v) is 3.14. The molecular weight excluding hydrogens is 394 g/mol. The number of hydrogen-bond acceptors (Lipinski definition) is 3. The normalized spacial score (nSPS) is 10.2. The van der Waals surface area contributed by atoms with Crippen LogP contribution in [0.5, 0.6) is 0 Å². The quantitative estimate of drug-likeness (QED) is 0.509. The molecule has 3 N–H and O–H groups in total. The minimum Gasteiger partial charge on any atom is -0.332 e. The van der Waals surface area contributed by atoms with Gasteiger partial charge in [0, 0.05) is 23.4 Å². The van der Waals surface area contributed by atoms with Crippen LogP contribution in [0, 0.1) is 6.92 Å².